The van der Waals surface area contributed by atoms with Crippen molar-refractivity contribution < 1.29 is 0 Å². The van der Waals surface area contributed by atoms with Crippen LogP contribution in [0.25, 0.3) is 22.3 Å². The summed E-state index contributed by atoms with van der Waals surface area (Å²) in [6, 6.07) is 7.37. The molecule has 0 atom stereocenters. The minimum atomic E-state index is -0.182. The molecule has 17 heavy (non-hydrogen) atoms. The lowest BCUT2D eigenvalue weighted by molar-refractivity contribution is 0.904. The third kappa shape index (κ3) is 1.44. The van der Waals surface area contributed by atoms with Gasteiger partial charge in [-0.25, -0.2) is 10.1 Å². The number of fused-ring (bicyclic) bond motifs is 1. The van der Waals surface area contributed by atoms with Crippen LogP contribution in [0.3, 0.4) is 0 Å². The fraction of sp³-hybridized carbons (Fsp3) is 0.0833. The lowest BCUT2D eigenvalue weighted by atomic mass is 10.1. The number of aryl methyl sites for hydroxylation is 1. The number of nitrogens with zero attached hydrogens (tertiary/aromatic N) is 3. The van der Waals surface area contributed by atoms with E-state index in [4.69, 9.17) is 0 Å². The van der Waals surface area contributed by atoms with Crippen LogP contribution < -0.4 is 5.56 Å². The molecule has 2 aromatic heterocycles. The predicted octanol–water partition coefficient (Wildman–Crippen LogP) is 1.32. The Hall–Kier alpha value is -2.43. The van der Waals surface area contributed by atoms with Gasteiger partial charge in [-0.2, -0.15) is 5.10 Å². The fourth-order valence-electron chi connectivity index (χ4n) is 1.88. The molecule has 1 aromatic carbocycles. The molecule has 0 bridgehead atoms. The SMILES string of the molecule is Cn1ccnc1-c1n[nH]c(=O)c2ccccc12. The zero-order chi connectivity index (χ0) is 11.8. The maximum Gasteiger partial charge on any atom is 0.272 e. The van der Waals surface area contributed by atoms with Gasteiger partial charge in [0.25, 0.3) is 5.56 Å². The summed E-state index contributed by atoms with van der Waals surface area (Å²) in [5.74, 6) is 0.734. The minimum absolute atomic E-state index is 0.182. The van der Waals surface area contributed by atoms with E-state index in [2.05, 4.69) is 15.2 Å². The Balaban J connectivity index is 2.43. The normalized spacial score (nSPS) is 10.9. The van der Waals surface area contributed by atoms with Crippen LogP contribution in [0.5, 0.6) is 0 Å². The third-order valence-electron chi connectivity index (χ3n) is 2.73. The monoisotopic (exact) mass is 226 g/mol. The van der Waals surface area contributed by atoms with Crippen molar-refractivity contribution >= 4 is 10.8 Å². The Kier molecular flexibility index (Phi) is 2.04. The van der Waals surface area contributed by atoms with E-state index in [9.17, 15) is 4.79 Å². The molecule has 0 saturated heterocycles. The first-order valence-corrected chi connectivity index (χ1v) is 5.22. The molecule has 1 N–H and O–H groups in total. The predicted molar refractivity (Wildman–Crippen MR) is 64.6 cm³/mol. The summed E-state index contributed by atoms with van der Waals surface area (Å²) in [4.78, 5) is 15.9. The lowest BCUT2D eigenvalue weighted by Gasteiger charge is -2.04. The van der Waals surface area contributed by atoms with E-state index >= 15 is 0 Å². The van der Waals surface area contributed by atoms with Crippen molar-refractivity contribution in [3.8, 4) is 11.5 Å². The molecular weight excluding hydrogens is 216 g/mol. The van der Waals surface area contributed by atoms with Crippen LogP contribution in [0.15, 0.2) is 41.5 Å². The van der Waals surface area contributed by atoms with E-state index in [0.717, 1.165) is 11.2 Å². The van der Waals surface area contributed by atoms with Gasteiger partial charge in [-0.15, -0.1) is 0 Å². The highest BCUT2D eigenvalue weighted by Gasteiger charge is 2.11. The zero-order valence-electron chi connectivity index (χ0n) is 9.21. The van der Waals surface area contributed by atoms with Crippen molar-refractivity contribution in [2.75, 3.05) is 0 Å². The van der Waals surface area contributed by atoms with Crippen molar-refractivity contribution in [3.63, 3.8) is 0 Å². The number of benzene rings is 1. The van der Waals surface area contributed by atoms with Gasteiger partial charge >= 0.3 is 0 Å². The molecule has 0 aliphatic rings. The first kappa shape index (κ1) is 9.77. The average Bonchev–Trinajstić information content (AvgIpc) is 2.77. The molecule has 0 fully saturated rings. The molecule has 0 aliphatic heterocycles. The summed E-state index contributed by atoms with van der Waals surface area (Å²) in [5.41, 5.74) is 0.506. The van der Waals surface area contributed by atoms with Crippen LogP contribution in [-0.4, -0.2) is 19.7 Å². The minimum Gasteiger partial charge on any atom is -0.333 e. The average molecular weight is 226 g/mol. The smallest absolute Gasteiger partial charge is 0.272 e. The Morgan fingerprint density at radius 3 is 2.71 bits per heavy atom. The van der Waals surface area contributed by atoms with Crippen LogP contribution in [0, 0.1) is 0 Å². The van der Waals surface area contributed by atoms with E-state index in [1.165, 1.54) is 0 Å². The van der Waals surface area contributed by atoms with Gasteiger partial charge < -0.3 is 4.57 Å². The second kappa shape index (κ2) is 3.55. The number of H-pyrrole nitrogens is 1. The van der Waals surface area contributed by atoms with Gasteiger partial charge in [0.1, 0.15) is 5.69 Å². The summed E-state index contributed by atoms with van der Waals surface area (Å²) < 4.78 is 1.87. The van der Waals surface area contributed by atoms with Crippen molar-refractivity contribution in [2.45, 2.75) is 0 Å². The van der Waals surface area contributed by atoms with Crippen LogP contribution in [0.2, 0.25) is 0 Å². The first-order chi connectivity index (χ1) is 8.27. The number of aromatic nitrogens is 4. The topological polar surface area (TPSA) is 63.6 Å². The number of hydrogen-bond acceptors (Lipinski definition) is 3. The molecule has 5 heteroatoms. The highest BCUT2D eigenvalue weighted by Crippen LogP contribution is 2.21. The molecule has 0 aliphatic carbocycles. The molecule has 0 unspecified atom stereocenters. The number of nitrogens with one attached hydrogen (secondary N) is 1. The molecular formula is C12H10N4O. The Morgan fingerprint density at radius 2 is 2.00 bits per heavy atom. The van der Waals surface area contributed by atoms with E-state index in [1.807, 2.05) is 36.0 Å². The Bertz CT molecular complexity index is 741. The molecule has 84 valence electrons. The van der Waals surface area contributed by atoms with Gasteiger partial charge in [-0.05, 0) is 6.07 Å². The van der Waals surface area contributed by atoms with Crippen molar-refractivity contribution in [2.24, 2.45) is 7.05 Å². The van der Waals surface area contributed by atoms with Gasteiger partial charge in [0, 0.05) is 24.8 Å². The van der Waals surface area contributed by atoms with Crippen molar-refractivity contribution in [1.82, 2.24) is 19.7 Å². The quantitative estimate of drug-likeness (QED) is 0.680. The van der Waals surface area contributed by atoms with Crippen LogP contribution in [0.4, 0.5) is 0 Å². The fourth-order valence-corrected chi connectivity index (χ4v) is 1.88. The summed E-state index contributed by atoms with van der Waals surface area (Å²) in [6.45, 7) is 0. The summed E-state index contributed by atoms with van der Waals surface area (Å²) in [7, 11) is 1.89. The molecule has 2 heterocycles. The Labute approximate surface area is 96.7 Å². The second-order valence-electron chi connectivity index (χ2n) is 3.81. The number of rotatable bonds is 1. The standard InChI is InChI=1S/C12H10N4O/c1-16-7-6-13-11(16)10-8-4-2-3-5-9(8)12(17)15-14-10/h2-7H,1H3,(H,15,17). The maximum absolute atomic E-state index is 11.6. The summed E-state index contributed by atoms with van der Waals surface area (Å²) in [5, 5.41) is 8.02. The Morgan fingerprint density at radius 1 is 1.24 bits per heavy atom. The van der Waals surface area contributed by atoms with Gasteiger partial charge in [-0.1, -0.05) is 18.2 Å². The maximum atomic E-state index is 11.6. The van der Waals surface area contributed by atoms with E-state index in [1.54, 1.807) is 12.3 Å². The largest absolute Gasteiger partial charge is 0.333 e. The summed E-state index contributed by atoms with van der Waals surface area (Å²) >= 11 is 0. The number of aromatic amines is 1. The lowest BCUT2D eigenvalue weighted by Crippen LogP contribution is -2.10. The van der Waals surface area contributed by atoms with E-state index in [-0.39, 0.29) is 5.56 Å². The van der Waals surface area contributed by atoms with Gasteiger partial charge in [0.15, 0.2) is 5.82 Å². The molecule has 0 spiro atoms. The van der Waals surface area contributed by atoms with Crippen molar-refractivity contribution in [3.05, 3.63) is 47.0 Å². The second-order valence-corrected chi connectivity index (χ2v) is 3.81. The van der Waals surface area contributed by atoms with Gasteiger partial charge in [-0.3, -0.25) is 4.79 Å². The zero-order valence-corrected chi connectivity index (χ0v) is 9.21. The molecule has 0 saturated carbocycles. The third-order valence-corrected chi connectivity index (χ3v) is 2.73. The van der Waals surface area contributed by atoms with Crippen LogP contribution in [-0.2, 0) is 7.05 Å². The number of hydrogen-bond donors (Lipinski definition) is 1. The van der Waals surface area contributed by atoms with Crippen LogP contribution in [0.1, 0.15) is 0 Å². The first-order valence-electron chi connectivity index (χ1n) is 5.22. The van der Waals surface area contributed by atoms with E-state index < -0.39 is 0 Å². The van der Waals surface area contributed by atoms with E-state index in [0.29, 0.717) is 11.1 Å². The molecule has 0 amide bonds. The highest BCUT2D eigenvalue weighted by molar-refractivity contribution is 5.92. The number of imidazole rings is 1. The molecule has 5 nitrogen and oxygen atoms in total. The summed E-state index contributed by atoms with van der Waals surface area (Å²) in [6.07, 6.45) is 3.55. The molecule has 3 aromatic rings. The highest BCUT2D eigenvalue weighted by atomic mass is 16.1. The van der Waals surface area contributed by atoms with Gasteiger partial charge in [0.05, 0.1) is 5.39 Å². The molecule has 3 rings (SSSR count). The van der Waals surface area contributed by atoms with Gasteiger partial charge in [0.2, 0.25) is 0 Å². The van der Waals surface area contributed by atoms with Crippen LogP contribution >= 0.6 is 0 Å². The molecule has 0 radical (unpaired) electrons. The van der Waals surface area contributed by atoms with Crippen molar-refractivity contribution in [1.29, 1.82) is 0 Å².